The summed E-state index contributed by atoms with van der Waals surface area (Å²) in [6, 6.07) is 17.6. The van der Waals surface area contributed by atoms with E-state index < -0.39 is 5.41 Å². The van der Waals surface area contributed by atoms with E-state index in [0.717, 1.165) is 30.8 Å². The quantitative estimate of drug-likeness (QED) is 0.708. The molecule has 1 heterocycles. The molecule has 1 fully saturated rings. The molecule has 1 aliphatic heterocycles. The van der Waals surface area contributed by atoms with Crippen LogP contribution in [0.3, 0.4) is 0 Å². The summed E-state index contributed by atoms with van der Waals surface area (Å²) in [5.74, 6) is -0.606. The molecule has 0 aliphatic carbocycles. The normalized spacial score (nSPS) is 14.3. The molecule has 0 atom stereocenters. The Morgan fingerprint density at radius 3 is 2.34 bits per heavy atom. The van der Waals surface area contributed by atoms with Crippen molar-refractivity contribution in [3.63, 3.8) is 0 Å². The zero-order chi connectivity index (χ0) is 20.7. The lowest BCUT2D eigenvalue weighted by Gasteiger charge is -2.31. The van der Waals surface area contributed by atoms with E-state index in [9.17, 15) is 9.59 Å². The molecule has 6 heteroatoms. The van der Waals surface area contributed by atoms with Gasteiger partial charge >= 0.3 is 0 Å². The van der Waals surface area contributed by atoms with Gasteiger partial charge in [-0.05, 0) is 38.0 Å². The summed E-state index contributed by atoms with van der Waals surface area (Å²) in [4.78, 5) is 27.8. The van der Waals surface area contributed by atoms with Crippen LogP contribution < -0.4 is 15.5 Å². The zero-order valence-corrected chi connectivity index (χ0v) is 17.1. The number of hydrogen-bond donors (Lipinski definition) is 2. The second-order valence-corrected chi connectivity index (χ2v) is 7.69. The molecule has 0 radical (unpaired) electrons. The minimum atomic E-state index is -1.19. The summed E-state index contributed by atoms with van der Waals surface area (Å²) in [5.41, 5.74) is 1.62. The predicted molar refractivity (Wildman–Crippen MR) is 115 cm³/mol. The minimum Gasteiger partial charge on any atom is -0.378 e. The van der Waals surface area contributed by atoms with Crippen LogP contribution in [-0.4, -0.2) is 44.7 Å². The number of benzene rings is 2. The second-order valence-electron chi connectivity index (χ2n) is 7.69. The zero-order valence-electron chi connectivity index (χ0n) is 17.1. The van der Waals surface area contributed by atoms with E-state index in [0.29, 0.717) is 25.4 Å². The number of amides is 2. The Morgan fingerprint density at radius 1 is 0.966 bits per heavy atom. The summed E-state index contributed by atoms with van der Waals surface area (Å²) in [6.45, 7) is 6.67. The van der Waals surface area contributed by atoms with E-state index in [1.165, 1.54) is 0 Å². The van der Waals surface area contributed by atoms with E-state index >= 15 is 0 Å². The Morgan fingerprint density at radius 2 is 1.62 bits per heavy atom. The van der Waals surface area contributed by atoms with E-state index in [-0.39, 0.29) is 11.8 Å². The molecule has 6 nitrogen and oxygen atoms in total. The van der Waals surface area contributed by atoms with Crippen molar-refractivity contribution in [2.24, 2.45) is 5.41 Å². The number of ether oxygens (including phenoxy) is 1. The number of rotatable bonds is 7. The van der Waals surface area contributed by atoms with Gasteiger partial charge in [-0.2, -0.15) is 0 Å². The lowest BCUT2D eigenvalue weighted by molar-refractivity contribution is -0.138. The molecule has 0 unspecified atom stereocenters. The Kier molecular flexibility index (Phi) is 6.88. The first-order chi connectivity index (χ1) is 14.0. The molecule has 154 valence electrons. The molecule has 0 spiro atoms. The molecule has 3 rings (SSSR count). The number of carbonyl (C=O) groups is 2. The molecule has 29 heavy (non-hydrogen) atoms. The summed E-state index contributed by atoms with van der Waals surface area (Å²) < 4.78 is 5.42. The molecule has 2 aromatic rings. The highest BCUT2D eigenvalue weighted by Crippen LogP contribution is 2.28. The first-order valence-corrected chi connectivity index (χ1v) is 10.0. The van der Waals surface area contributed by atoms with E-state index in [1.54, 1.807) is 13.8 Å². The van der Waals surface area contributed by atoms with E-state index in [1.807, 2.05) is 54.6 Å². The van der Waals surface area contributed by atoms with Crippen molar-refractivity contribution in [2.45, 2.75) is 20.3 Å². The van der Waals surface area contributed by atoms with Gasteiger partial charge in [-0.15, -0.1) is 0 Å². The van der Waals surface area contributed by atoms with Crippen LogP contribution in [0.15, 0.2) is 54.6 Å². The predicted octanol–water partition coefficient (Wildman–Crippen LogP) is 2.85. The smallest absolute Gasteiger partial charge is 0.239 e. The maximum Gasteiger partial charge on any atom is 0.239 e. The third-order valence-electron chi connectivity index (χ3n) is 5.18. The topological polar surface area (TPSA) is 70.7 Å². The Balaban J connectivity index is 1.61. The van der Waals surface area contributed by atoms with Gasteiger partial charge in [-0.3, -0.25) is 9.59 Å². The second kappa shape index (κ2) is 9.56. The maximum atomic E-state index is 12.9. The number of hydrogen-bond acceptors (Lipinski definition) is 4. The van der Waals surface area contributed by atoms with Crippen LogP contribution in [-0.2, 0) is 20.7 Å². The minimum absolute atomic E-state index is 0.283. The maximum absolute atomic E-state index is 12.9. The van der Waals surface area contributed by atoms with Crippen molar-refractivity contribution < 1.29 is 14.3 Å². The van der Waals surface area contributed by atoms with Gasteiger partial charge in [0, 0.05) is 19.6 Å². The summed E-state index contributed by atoms with van der Waals surface area (Å²) in [5, 5.41) is 5.84. The van der Waals surface area contributed by atoms with Crippen molar-refractivity contribution in [1.29, 1.82) is 0 Å². The molecule has 0 bridgehead atoms. The third-order valence-corrected chi connectivity index (χ3v) is 5.18. The SMILES string of the molecule is CC(C)(C(=O)NCCc1ccccc1)C(=O)Nc1ccccc1N1CCOCC1. The molecule has 1 saturated heterocycles. The van der Waals surface area contributed by atoms with E-state index in [2.05, 4.69) is 15.5 Å². The molecule has 1 aliphatic rings. The van der Waals surface area contributed by atoms with Crippen LogP contribution in [0.1, 0.15) is 19.4 Å². The van der Waals surface area contributed by atoms with Crippen LogP contribution in [0.25, 0.3) is 0 Å². The molecule has 0 aromatic heterocycles. The Bertz CT molecular complexity index is 830. The van der Waals surface area contributed by atoms with Gasteiger partial charge in [-0.1, -0.05) is 42.5 Å². The molecule has 2 N–H and O–H groups in total. The summed E-state index contributed by atoms with van der Waals surface area (Å²) in [6.07, 6.45) is 0.726. The number of carbonyl (C=O) groups excluding carboxylic acids is 2. The first-order valence-electron chi connectivity index (χ1n) is 10.0. The van der Waals surface area contributed by atoms with Crippen molar-refractivity contribution >= 4 is 23.2 Å². The average Bonchev–Trinajstić information content (AvgIpc) is 2.75. The fourth-order valence-electron chi connectivity index (χ4n) is 3.23. The van der Waals surface area contributed by atoms with Gasteiger partial charge in [0.05, 0.1) is 24.6 Å². The average molecular weight is 396 g/mol. The number of nitrogens with zero attached hydrogens (tertiary/aromatic N) is 1. The van der Waals surface area contributed by atoms with Gasteiger partial charge in [0.1, 0.15) is 5.41 Å². The van der Waals surface area contributed by atoms with Crippen LogP contribution in [0.4, 0.5) is 11.4 Å². The molecule has 0 saturated carbocycles. The first kappa shape index (κ1) is 20.9. The van der Waals surface area contributed by atoms with Gasteiger partial charge in [0.25, 0.3) is 0 Å². The number of para-hydroxylation sites is 2. The molecule has 2 amide bonds. The number of anilines is 2. The Hall–Kier alpha value is -2.86. The summed E-state index contributed by atoms with van der Waals surface area (Å²) >= 11 is 0. The molecular formula is C23H29N3O3. The van der Waals surface area contributed by atoms with Crippen LogP contribution in [0.5, 0.6) is 0 Å². The monoisotopic (exact) mass is 395 g/mol. The highest BCUT2D eigenvalue weighted by molar-refractivity contribution is 6.10. The van der Waals surface area contributed by atoms with Gasteiger partial charge in [0.15, 0.2) is 0 Å². The van der Waals surface area contributed by atoms with Crippen molar-refractivity contribution in [3.05, 3.63) is 60.2 Å². The lowest BCUT2D eigenvalue weighted by Crippen LogP contribution is -2.46. The Labute approximate surface area is 172 Å². The molecule has 2 aromatic carbocycles. The third kappa shape index (κ3) is 5.35. The fraction of sp³-hybridized carbons (Fsp3) is 0.391. The molecular weight excluding hydrogens is 366 g/mol. The highest BCUT2D eigenvalue weighted by atomic mass is 16.5. The van der Waals surface area contributed by atoms with Crippen LogP contribution in [0.2, 0.25) is 0 Å². The fourth-order valence-corrected chi connectivity index (χ4v) is 3.23. The lowest BCUT2D eigenvalue weighted by atomic mass is 9.90. The standard InChI is InChI=1S/C23H29N3O3/c1-23(2,21(27)24-13-12-18-8-4-3-5-9-18)22(28)25-19-10-6-7-11-20(19)26-14-16-29-17-15-26/h3-11H,12-17H2,1-2H3,(H,24,27)(H,25,28). The number of nitrogens with one attached hydrogen (secondary N) is 2. The van der Waals surface area contributed by atoms with E-state index in [4.69, 9.17) is 4.74 Å². The number of morpholine rings is 1. The van der Waals surface area contributed by atoms with Crippen molar-refractivity contribution in [1.82, 2.24) is 5.32 Å². The van der Waals surface area contributed by atoms with Gasteiger partial charge < -0.3 is 20.3 Å². The largest absolute Gasteiger partial charge is 0.378 e. The van der Waals surface area contributed by atoms with Crippen LogP contribution in [0, 0.1) is 5.41 Å². The van der Waals surface area contributed by atoms with Gasteiger partial charge in [0.2, 0.25) is 11.8 Å². The highest BCUT2D eigenvalue weighted by Gasteiger charge is 2.36. The van der Waals surface area contributed by atoms with Crippen LogP contribution >= 0.6 is 0 Å². The van der Waals surface area contributed by atoms with Gasteiger partial charge in [-0.25, -0.2) is 0 Å². The summed E-state index contributed by atoms with van der Waals surface area (Å²) in [7, 11) is 0. The van der Waals surface area contributed by atoms with Crippen molar-refractivity contribution in [2.75, 3.05) is 43.1 Å². The van der Waals surface area contributed by atoms with Crippen molar-refractivity contribution in [3.8, 4) is 0 Å².